The van der Waals surface area contributed by atoms with Crippen LogP contribution in [0.25, 0.3) is 108 Å². The largest absolute Gasteiger partial charge is 0.456 e. The van der Waals surface area contributed by atoms with Crippen LogP contribution in [0.3, 0.4) is 0 Å². The maximum atomic E-state index is 6.36. The molecule has 0 spiro atoms. The van der Waals surface area contributed by atoms with Crippen molar-refractivity contribution in [2.75, 3.05) is 0 Å². The molecule has 9 aromatic carbocycles. The molecule has 0 atom stereocenters. The van der Waals surface area contributed by atoms with Crippen LogP contribution in [0.2, 0.25) is 0 Å². The Morgan fingerprint density at radius 3 is 1.64 bits per heavy atom. The van der Waals surface area contributed by atoms with Crippen molar-refractivity contribution in [3.8, 4) is 33.4 Å². The molecule has 0 aliphatic heterocycles. The first kappa shape index (κ1) is 29.4. The number of hydrogen-bond donors (Lipinski definition) is 0. The number of thiophene rings is 1. The second-order valence-electron chi connectivity index (χ2n) is 15.3. The van der Waals surface area contributed by atoms with E-state index in [1.165, 1.54) is 102 Å². The summed E-state index contributed by atoms with van der Waals surface area (Å²) in [5, 5.41) is 12.5. The minimum atomic E-state index is -0.0207. The van der Waals surface area contributed by atoms with Gasteiger partial charge in [-0.25, -0.2) is 0 Å². The highest BCUT2D eigenvalue weighted by Gasteiger charge is 2.35. The number of hydrogen-bond acceptors (Lipinski definition) is 2. The summed E-state index contributed by atoms with van der Waals surface area (Å²) in [6.07, 6.45) is 0. The summed E-state index contributed by atoms with van der Waals surface area (Å²) in [4.78, 5) is 0. The van der Waals surface area contributed by atoms with E-state index >= 15 is 0 Å². The van der Waals surface area contributed by atoms with E-state index in [-0.39, 0.29) is 5.41 Å². The van der Waals surface area contributed by atoms with Crippen LogP contribution in [0.1, 0.15) is 25.0 Å². The van der Waals surface area contributed by atoms with Gasteiger partial charge in [-0.3, -0.25) is 0 Å². The lowest BCUT2D eigenvalue weighted by Gasteiger charge is -2.22. The van der Waals surface area contributed by atoms with Crippen molar-refractivity contribution in [2.24, 2.45) is 0 Å². The summed E-state index contributed by atoms with van der Waals surface area (Å²) in [5.41, 5.74) is 12.4. The highest BCUT2D eigenvalue weighted by atomic mass is 32.1. The van der Waals surface area contributed by atoms with Crippen molar-refractivity contribution >= 4 is 85.8 Å². The van der Waals surface area contributed by atoms with Crippen LogP contribution in [-0.4, -0.2) is 0 Å². The molecule has 0 bridgehead atoms. The molecule has 0 amide bonds. The standard InChI is InChI=1S/C51H32OS/c1-51(2)45-13-7-5-11-36(45)37-20-16-32(26-46(37)51)31-18-22-50-44(25-31)43-24-30(17-21-49(43)53-50)29-15-19-35-39(23-29)33-9-3-4-10-34(33)40-27-42-38-12-6-8-14-47(38)52-48(42)28-41(35)40/h3-28H,1-2H3. The van der Waals surface area contributed by atoms with Gasteiger partial charge in [-0.2, -0.15) is 0 Å². The van der Waals surface area contributed by atoms with Gasteiger partial charge >= 0.3 is 0 Å². The maximum absolute atomic E-state index is 6.36. The minimum Gasteiger partial charge on any atom is -0.456 e. The van der Waals surface area contributed by atoms with Crippen LogP contribution in [0, 0.1) is 0 Å². The Kier molecular flexibility index (Phi) is 5.78. The summed E-state index contributed by atoms with van der Waals surface area (Å²) in [7, 11) is 0. The molecule has 2 heterocycles. The van der Waals surface area contributed by atoms with Gasteiger partial charge in [0.05, 0.1) is 0 Å². The number of fused-ring (bicyclic) bond motifs is 15. The molecule has 1 aliphatic carbocycles. The van der Waals surface area contributed by atoms with E-state index < -0.39 is 0 Å². The Morgan fingerprint density at radius 1 is 0.358 bits per heavy atom. The second-order valence-corrected chi connectivity index (χ2v) is 16.3. The van der Waals surface area contributed by atoms with Gasteiger partial charge in [0.1, 0.15) is 11.2 Å². The normalized spacial score (nSPS) is 13.6. The zero-order valence-corrected chi connectivity index (χ0v) is 30.1. The van der Waals surface area contributed by atoms with Crippen molar-refractivity contribution < 1.29 is 4.42 Å². The van der Waals surface area contributed by atoms with Gasteiger partial charge in [-0.1, -0.05) is 117 Å². The highest BCUT2D eigenvalue weighted by Crippen LogP contribution is 2.50. The fraction of sp³-hybridized carbons (Fsp3) is 0.0588. The lowest BCUT2D eigenvalue weighted by molar-refractivity contribution is 0.660. The third-order valence-corrected chi connectivity index (χ3v) is 13.2. The van der Waals surface area contributed by atoms with E-state index in [0.29, 0.717) is 0 Å². The lowest BCUT2D eigenvalue weighted by atomic mass is 9.81. The number of furan rings is 1. The van der Waals surface area contributed by atoms with E-state index in [0.717, 1.165) is 16.6 Å². The van der Waals surface area contributed by atoms with E-state index in [9.17, 15) is 0 Å². The van der Waals surface area contributed by atoms with Crippen LogP contribution in [0.4, 0.5) is 0 Å². The summed E-state index contributed by atoms with van der Waals surface area (Å²) < 4.78 is 9.00. The zero-order valence-electron chi connectivity index (χ0n) is 29.3. The van der Waals surface area contributed by atoms with Gasteiger partial charge in [0.15, 0.2) is 0 Å². The molecule has 1 nitrogen and oxygen atoms in total. The maximum Gasteiger partial charge on any atom is 0.136 e. The molecule has 248 valence electrons. The Bertz CT molecular complexity index is 3370. The van der Waals surface area contributed by atoms with Crippen molar-refractivity contribution in [3.63, 3.8) is 0 Å². The first-order valence-corrected chi connectivity index (χ1v) is 19.2. The summed E-state index contributed by atoms with van der Waals surface area (Å²) >= 11 is 1.88. The SMILES string of the molecule is CC1(C)c2ccccc2-c2ccc(-c3ccc4sc5ccc(-c6ccc7c(c6)c6ccccc6c6cc8c(cc76)oc6ccccc68)cc5c4c3)cc21. The van der Waals surface area contributed by atoms with Gasteiger partial charge in [0.25, 0.3) is 0 Å². The quantitative estimate of drug-likeness (QED) is 0.164. The molecule has 0 unspecified atom stereocenters. The summed E-state index contributed by atoms with van der Waals surface area (Å²) in [6.45, 7) is 4.71. The average Bonchev–Trinajstić information content (AvgIpc) is 3.83. The predicted octanol–water partition coefficient (Wildman–Crippen LogP) is 15.1. The molecule has 0 N–H and O–H groups in total. The molecule has 12 rings (SSSR count). The fourth-order valence-corrected chi connectivity index (χ4v) is 10.4. The van der Waals surface area contributed by atoms with Crippen molar-refractivity contribution in [3.05, 3.63) is 169 Å². The molecular formula is C51H32OS. The number of benzene rings is 9. The van der Waals surface area contributed by atoms with Crippen molar-refractivity contribution in [2.45, 2.75) is 19.3 Å². The van der Waals surface area contributed by atoms with Gasteiger partial charge in [-0.05, 0) is 131 Å². The van der Waals surface area contributed by atoms with Gasteiger partial charge in [0.2, 0.25) is 0 Å². The molecular weight excluding hydrogens is 661 g/mol. The summed E-state index contributed by atoms with van der Waals surface area (Å²) in [6, 6.07) is 58.8. The van der Waals surface area contributed by atoms with Crippen molar-refractivity contribution in [1.82, 2.24) is 0 Å². The Hall–Kier alpha value is -6.22. The third kappa shape index (κ3) is 4.07. The van der Waals surface area contributed by atoms with E-state index in [1.54, 1.807) is 0 Å². The average molecular weight is 693 g/mol. The Labute approximate surface area is 310 Å². The number of para-hydroxylation sites is 1. The first-order valence-electron chi connectivity index (χ1n) is 18.4. The highest BCUT2D eigenvalue weighted by molar-refractivity contribution is 7.25. The van der Waals surface area contributed by atoms with Gasteiger partial charge < -0.3 is 4.42 Å². The van der Waals surface area contributed by atoms with E-state index in [2.05, 4.69) is 166 Å². The van der Waals surface area contributed by atoms with Gasteiger partial charge in [0, 0.05) is 36.4 Å². The molecule has 2 heteroatoms. The molecule has 0 radical (unpaired) electrons. The monoisotopic (exact) mass is 692 g/mol. The van der Waals surface area contributed by atoms with E-state index in [1.807, 2.05) is 17.4 Å². The molecule has 53 heavy (non-hydrogen) atoms. The number of rotatable bonds is 2. The van der Waals surface area contributed by atoms with Gasteiger partial charge in [-0.15, -0.1) is 11.3 Å². The molecule has 2 aromatic heterocycles. The molecule has 0 fully saturated rings. The predicted molar refractivity (Wildman–Crippen MR) is 228 cm³/mol. The van der Waals surface area contributed by atoms with Crippen LogP contribution < -0.4 is 0 Å². The van der Waals surface area contributed by atoms with Crippen LogP contribution >= 0.6 is 11.3 Å². The smallest absolute Gasteiger partial charge is 0.136 e. The lowest BCUT2D eigenvalue weighted by Crippen LogP contribution is -2.14. The molecule has 1 aliphatic rings. The molecule has 0 saturated heterocycles. The van der Waals surface area contributed by atoms with Crippen LogP contribution in [-0.2, 0) is 5.41 Å². The fourth-order valence-electron chi connectivity index (χ4n) is 9.37. The molecule has 11 aromatic rings. The van der Waals surface area contributed by atoms with Crippen LogP contribution in [0.15, 0.2) is 162 Å². The Balaban J connectivity index is 1.01. The van der Waals surface area contributed by atoms with Crippen LogP contribution in [0.5, 0.6) is 0 Å². The zero-order chi connectivity index (χ0) is 35.0. The van der Waals surface area contributed by atoms with E-state index in [4.69, 9.17) is 4.42 Å². The Morgan fingerprint density at radius 2 is 0.887 bits per heavy atom. The van der Waals surface area contributed by atoms with Crippen molar-refractivity contribution in [1.29, 1.82) is 0 Å². The topological polar surface area (TPSA) is 13.1 Å². The third-order valence-electron chi connectivity index (χ3n) is 12.1. The molecule has 0 saturated carbocycles. The second kappa shape index (κ2) is 10.4. The summed E-state index contributed by atoms with van der Waals surface area (Å²) in [5.74, 6) is 0. The first-order chi connectivity index (χ1) is 26.0. The minimum absolute atomic E-state index is 0.0207.